The van der Waals surface area contributed by atoms with Crippen LogP contribution >= 0.6 is 21.6 Å². The van der Waals surface area contributed by atoms with Crippen molar-refractivity contribution in [1.29, 1.82) is 0 Å². The summed E-state index contributed by atoms with van der Waals surface area (Å²) >= 11 is 0. The summed E-state index contributed by atoms with van der Waals surface area (Å²) in [6.45, 7) is 11.1. The molecule has 0 aliphatic rings. The van der Waals surface area contributed by atoms with Crippen LogP contribution in [0.4, 0.5) is 0 Å². The third-order valence-electron chi connectivity index (χ3n) is 2.38. The largest absolute Gasteiger partial charge is 0.249 e. The SMILES string of the molecule is Cc1ccc(SSC(C)C(C)(C)C)nc1. The van der Waals surface area contributed by atoms with Gasteiger partial charge in [0.15, 0.2) is 0 Å². The van der Waals surface area contributed by atoms with Crippen molar-refractivity contribution in [3.05, 3.63) is 23.9 Å². The first-order chi connectivity index (χ1) is 6.89. The highest BCUT2D eigenvalue weighted by Gasteiger charge is 2.20. The van der Waals surface area contributed by atoms with E-state index in [4.69, 9.17) is 0 Å². The highest BCUT2D eigenvalue weighted by Crippen LogP contribution is 2.40. The smallest absolute Gasteiger partial charge is 0.106 e. The van der Waals surface area contributed by atoms with E-state index in [0.717, 1.165) is 5.03 Å². The minimum Gasteiger partial charge on any atom is -0.249 e. The predicted octanol–water partition coefficient (Wildman–Crippen LogP) is 4.56. The summed E-state index contributed by atoms with van der Waals surface area (Å²) in [6, 6.07) is 4.19. The molecule has 1 unspecified atom stereocenters. The van der Waals surface area contributed by atoms with Crippen molar-refractivity contribution in [3.8, 4) is 0 Å². The van der Waals surface area contributed by atoms with E-state index >= 15 is 0 Å². The van der Waals surface area contributed by atoms with Gasteiger partial charge in [-0.25, -0.2) is 4.98 Å². The molecule has 0 saturated heterocycles. The van der Waals surface area contributed by atoms with Crippen molar-refractivity contribution in [1.82, 2.24) is 4.98 Å². The zero-order valence-electron chi connectivity index (χ0n) is 10.1. The maximum atomic E-state index is 4.37. The lowest BCUT2D eigenvalue weighted by Crippen LogP contribution is -2.18. The lowest BCUT2D eigenvalue weighted by Gasteiger charge is -2.25. The van der Waals surface area contributed by atoms with Gasteiger partial charge in [-0.05, 0) is 34.8 Å². The van der Waals surface area contributed by atoms with Gasteiger partial charge in [0.1, 0.15) is 5.03 Å². The number of hydrogen-bond acceptors (Lipinski definition) is 3. The number of pyridine rings is 1. The Bertz CT molecular complexity index is 300. The molecule has 0 radical (unpaired) electrons. The van der Waals surface area contributed by atoms with Crippen LogP contribution in [0.2, 0.25) is 0 Å². The first kappa shape index (κ1) is 12.9. The minimum absolute atomic E-state index is 0.350. The molecule has 1 heterocycles. The molecule has 0 spiro atoms. The van der Waals surface area contributed by atoms with Crippen LogP contribution in [0.25, 0.3) is 0 Å². The average Bonchev–Trinajstić information content (AvgIpc) is 2.15. The third kappa shape index (κ3) is 4.47. The molecule has 0 aliphatic heterocycles. The second-order valence-electron chi connectivity index (χ2n) is 4.86. The van der Waals surface area contributed by atoms with Gasteiger partial charge in [0.25, 0.3) is 0 Å². The molecule has 0 fully saturated rings. The molecule has 0 saturated carbocycles. The fraction of sp³-hybridized carbons (Fsp3) is 0.583. The summed E-state index contributed by atoms with van der Waals surface area (Å²) in [7, 11) is 3.67. The number of hydrogen-bond donors (Lipinski definition) is 0. The van der Waals surface area contributed by atoms with E-state index in [2.05, 4.69) is 51.7 Å². The van der Waals surface area contributed by atoms with E-state index in [0.29, 0.717) is 10.7 Å². The topological polar surface area (TPSA) is 12.9 Å². The van der Waals surface area contributed by atoms with Crippen molar-refractivity contribution in [2.75, 3.05) is 0 Å². The molecule has 1 aromatic rings. The quantitative estimate of drug-likeness (QED) is 0.720. The van der Waals surface area contributed by atoms with E-state index in [-0.39, 0.29) is 0 Å². The van der Waals surface area contributed by atoms with E-state index in [1.807, 2.05) is 17.0 Å². The molecule has 0 N–H and O–H groups in total. The van der Waals surface area contributed by atoms with Crippen LogP contribution in [0.1, 0.15) is 33.3 Å². The summed E-state index contributed by atoms with van der Waals surface area (Å²) in [6.07, 6.45) is 1.92. The van der Waals surface area contributed by atoms with Crippen LogP contribution in [0.5, 0.6) is 0 Å². The van der Waals surface area contributed by atoms with Crippen molar-refractivity contribution in [3.63, 3.8) is 0 Å². The van der Waals surface area contributed by atoms with Crippen molar-refractivity contribution < 1.29 is 0 Å². The Balaban J connectivity index is 2.47. The maximum absolute atomic E-state index is 4.37. The Labute approximate surface area is 101 Å². The van der Waals surface area contributed by atoms with Crippen LogP contribution < -0.4 is 0 Å². The first-order valence-electron chi connectivity index (χ1n) is 5.15. The minimum atomic E-state index is 0.350. The van der Waals surface area contributed by atoms with E-state index in [9.17, 15) is 0 Å². The second kappa shape index (κ2) is 5.26. The van der Waals surface area contributed by atoms with Crippen molar-refractivity contribution >= 4 is 21.6 Å². The molecule has 0 amide bonds. The van der Waals surface area contributed by atoms with Gasteiger partial charge in [-0.2, -0.15) is 0 Å². The summed E-state index contributed by atoms with van der Waals surface area (Å²) in [4.78, 5) is 4.37. The third-order valence-corrected chi connectivity index (χ3v) is 5.55. The summed E-state index contributed by atoms with van der Waals surface area (Å²) in [5.74, 6) is 0. The molecule has 1 atom stereocenters. The van der Waals surface area contributed by atoms with E-state index in [1.54, 1.807) is 10.8 Å². The normalized spacial score (nSPS) is 13.9. The van der Waals surface area contributed by atoms with Gasteiger partial charge < -0.3 is 0 Å². The number of rotatable bonds is 3. The lowest BCUT2D eigenvalue weighted by molar-refractivity contribution is 0.412. The van der Waals surface area contributed by atoms with Gasteiger partial charge in [-0.15, -0.1) is 0 Å². The fourth-order valence-corrected chi connectivity index (χ4v) is 3.41. The Hall–Kier alpha value is -0.150. The van der Waals surface area contributed by atoms with Crippen LogP contribution in [-0.4, -0.2) is 10.2 Å². The molecule has 0 aliphatic carbocycles. The van der Waals surface area contributed by atoms with Crippen LogP contribution in [0.15, 0.2) is 23.4 Å². The lowest BCUT2D eigenvalue weighted by atomic mass is 9.93. The summed E-state index contributed by atoms with van der Waals surface area (Å²) in [5, 5.41) is 1.72. The number of aryl methyl sites for hydroxylation is 1. The molecule has 0 aromatic carbocycles. The van der Waals surface area contributed by atoms with Gasteiger partial charge in [-0.1, -0.05) is 44.6 Å². The Kier molecular flexibility index (Phi) is 4.53. The summed E-state index contributed by atoms with van der Waals surface area (Å²) < 4.78 is 0. The number of aromatic nitrogens is 1. The van der Waals surface area contributed by atoms with Gasteiger partial charge in [0.2, 0.25) is 0 Å². The standard InChI is InChI=1S/C12H19NS2/c1-9-6-7-11(13-8-9)15-14-10(2)12(3,4)5/h6-8,10H,1-5H3. The molecule has 1 nitrogen and oxygen atoms in total. The highest BCUT2D eigenvalue weighted by atomic mass is 33.1. The number of nitrogens with zero attached hydrogens (tertiary/aromatic N) is 1. The zero-order valence-corrected chi connectivity index (χ0v) is 11.7. The van der Waals surface area contributed by atoms with E-state index < -0.39 is 0 Å². The van der Waals surface area contributed by atoms with Gasteiger partial charge in [0.05, 0.1) is 0 Å². The Morgan fingerprint density at radius 3 is 2.40 bits per heavy atom. The van der Waals surface area contributed by atoms with Crippen molar-refractivity contribution in [2.45, 2.75) is 44.9 Å². The second-order valence-corrected chi connectivity index (χ2v) is 7.42. The molecule has 1 rings (SSSR count). The first-order valence-corrected chi connectivity index (χ1v) is 7.37. The molecular formula is C12H19NS2. The predicted molar refractivity (Wildman–Crippen MR) is 71.3 cm³/mol. The molecular weight excluding hydrogens is 222 g/mol. The molecule has 3 heteroatoms. The van der Waals surface area contributed by atoms with Crippen molar-refractivity contribution in [2.24, 2.45) is 5.41 Å². The monoisotopic (exact) mass is 241 g/mol. The van der Waals surface area contributed by atoms with Gasteiger partial charge in [-0.3, -0.25) is 0 Å². The van der Waals surface area contributed by atoms with Crippen LogP contribution in [0, 0.1) is 12.3 Å². The molecule has 84 valence electrons. The van der Waals surface area contributed by atoms with Crippen LogP contribution in [0.3, 0.4) is 0 Å². The zero-order chi connectivity index (χ0) is 11.5. The molecule has 0 bridgehead atoms. The Morgan fingerprint density at radius 2 is 1.93 bits per heavy atom. The fourth-order valence-electron chi connectivity index (χ4n) is 0.769. The van der Waals surface area contributed by atoms with E-state index in [1.165, 1.54) is 5.56 Å². The van der Waals surface area contributed by atoms with Gasteiger partial charge >= 0.3 is 0 Å². The molecule has 1 aromatic heterocycles. The average molecular weight is 241 g/mol. The molecule has 15 heavy (non-hydrogen) atoms. The summed E-state index contributed by atoms with van der Waals surface area (Å²) in [5.41, 5.74) is 1.57. The Morgan fingerprint density at radius 1 is 1.27 bits per heavy atom. The maximum Gasteiger partial charge on any atom is 0.106 e. The van der Waals surface area contributed by atoms with Crippen LogP contribution in [-0.2, 0) is 0 Å². The van der Waals surface area contributed by atoms with Gasteiger partial charge in [0, 0.05) is 11.4 Å². The highest BCUT2D eigenvalue weighted by molar-refractivity contribution is 8.76.